The quantitative estimate of drug-likeness (QED) is 0.345. The van der Waals surface area contributed by atoms with Crippen molar-refractivity contribution in [3.8, 4) is 5.75 Å². The zero-order chi connectivity index (χ0) is 28.1. The molecular weight excluding hydrogens is 517 g/mol. The number of ether oxygens (including phenoxy) is 2. The third kappa shape index (κ3) is 9.92. The number of halogens is 1. The van der Waals surface area contributed by atoms with Crippen molar-refractivity contribution in [2.75, 3.05) is 37.1 Å². The van der Waals surface area contributed by atoms with Crippen LogP contribution in [0.25, 0.3) is 0 Å². The van der Waals surface area contributed by atoms with Crippen LogP contribution in [0.2, 0.25) is 0 Å². The number of benzene rings is 2. The molecule has 2 rings (SSSR count). The zero-order valence-corrected chi connectivity index (χ0v) is 22.3. The van der Waals surface area contributed by atoms with Crippen molar-refractivity contribution in [2.45, 2.75) is 32.9 Å². The molecule has 0 radical (unpaired) electrons. The number of amides is 3. The van der Waals surface area contributed by atoms with Gasteiger partial charge in [-0.25, -0.2) is 4.39 Å². The third-order valence-electron chi connectivity index (χ3n) is 5.32. The van der Waals surface area contributed by atoms with E-state index in [9.17, 15) is 27.8 Å². The summed E-state index contributed by atoms with van der Waals surface area (Å²) in [6.45, 7) is 2.89. The molecule has 3 amide bonds. The predicted octanol–water partition coefficient (Wildman–Crippen LogP) is 2.01. The maximum absolute atomic E-state index is 13.1. The highest BCUT2D eigenvalue weighted by Crippen LogP contribution is 2.15. The van der Waals surface area contributed by atoms with Gasteiger partial charge in [0.05, 0.1) is 13.7 Å². The van der Waals surface area contributed by atoms with Crippen molar-refractivity contribution in [3.05, 3.63) is 59.9 Å². The molecule has 0 spiro atoms. The van der Waals surface area contributed by atoms with E-state index >= 15 is 0 Å². The highest BCUT2D eigenvalue weighted by Gasteiger charge is 2.31. The Bertz CT molecular complexity index is 1130. The summed E-state index contributed by atoms with van der Waals surface area (Å²) in [5.41, 5.74) is 1.11. The fourth-order valence-corrected chi connectivity index (χ4v) is 4.37. The summed E-state index contributed by atoms with van der Waals surface area (Å²) in [5, 5.41) is 5.26. The molecule has 0 saturated carbocycles. The molecule has 12 heteroatoms. The molecule has 0 aromatic heterocycles. The van der Waals surface area contributed by atoms with Crippen molar-refractivity contribution >= 4 is 40.2 Å². The summed E-state index contributed by atoms with van der Waals surface area (Å²) in [7, 11) is -0.403. The van der Waals surface area contributed by atoms with Crippen LogP contribution >= 0.6 is 0 Å². The number of nitrogens with one attached hydrogen (secondary N) is 2. The summed E-state index contributed by atoms with van der Waals surface area (Å²) < 4.78 is 35.8. The van der Waals surface area contributed by atoms with E-state index in [2.05, 4.69) is 10.6 Å². The van der Waals surface area contributed by atoms with Crippen LogP contribution in [0.4, 0.5) is 10.1 Å². The monoisotopic (exact) mass is 549 g/mol. The van der Waals surface area contributed by atoms with Crippen LogP contribution in [0, 0.1) is 5.82 Å². The van der Waals surface area contributed by atoms with E-state index in [1.165, 1.54) is 31.4 Å². The normalized spacial score (nSPS) is 12.1. The van der Waals surface area contributed by atoms with Gasteiger partial charge in [0.1, 0.15) is 35.7 Å². The van der Waals surface area contributed by atoms with Gasteiger partial charge in [-0.15, -0.1) is 0 Å². The van der Waals surface area contributed by atoms with Crippen LogP contribution in [0.1, 0.15) is 25.8 Å². The molecule has 2 N–H and O–H groups in total. The summed E-state index contributed by atoms with van der Waals surface area (Å²) >= 11 is 0. The number of carbonyl (C=O) groups excluding carboxylic acids is 4. The van der Waals surface area contributed by atoms with Crippen LogP contribution in [-0.2, 0) is 41.3 Å². The van der Waals surface area contributed by atoms with E-state index in [0.717, 1.165) is 4.90 Å². The molecule has 0 heterocycles. The SMILES string of the molecule is CCOC(=O)CN(C(=O)C[S@@](=O)CC(=O)Nc1ccc(OC)cc1)[C@H](CC)C(=O)NCc1ccc(F)cc1. The summed E-state index contributed by atoms with van der Waals surface area (Å²) in [6, 6.07) is 11.0. The highest BCUT2D eigenvalue weighted by molar-refractivity contribution is 7.86. The van der Waals surface area contributed by atoms with E-state index < -0.39 is 64.4 Å². The maximum atomic E-state index is 13.1. The van der Waals surface area contributed by atoms with E-state index in [1.54, 1.807) is 38.1 Å². The molecule has 0 aliphatic heterocycles. The lowest BCUT2D eigenvalue weighted by atomic mass is 10.1. The molecule has 0 aliphatic rings. The van der Waals surface area contributed by atoms with Crippen molar-refractivity contribution in [3.63, 3.8) is 0 Å². The minimum Gasteiger partial charge on any atom is -0.497 e. The van der Waals surface area contributed by atoms with Gasteiger partial charge in [-0.1, -0.05) is 19.1 Å². The Morgan fingerprint density at radius 3 is 2.24 bits per heavy atom. The van der Waals surface area contributed by atoms with Crippen LogP contribution in [-0.4, -0.2) is 70.6 Å². The Morgan fingerprint density at radius 2 is 1.66 bits per heavy atom. The van der Waals surface area contributed by atoms with Crippen LogP contribution < -0.4 is 15.4 Å². The highest BCUT2D eigenvalue weighted by atomic mass is 32.2. The number of carbonyl (C=O) groups is 4. The maximum Gasteiger partial charge on any atom is 0.325 e. The molecule has 2 aromatic carbocycles. The molecule has 0 fully saturated rings. The minimum atomic E-state index is -1.91. The van der Waals surface area contributed by atoms with Gasteiger partial charge in [0.15, 0.2) is 0 Å². The molecule has 0 unspecified atom stereocenters. The number of hydrogen-bond acceptors (Lipinski definition) is 7. The minimum absolute atomic E-state index is 0.0753. The number of nitrogens with zero attached hydrogens (tertiary/aromatic N) is 1. The molecule has 0 bridgehead atoms. The molecule has 10 nitrogen and oxygen atoms in total. The van der Waals surface area contributed by atoms with Crippen LogP contribution in [0.3, 0.4) is 0 Å². The Labute approximate surface area is 223 Å². The number of esters is 1. The molecule has 0 aliphatic carbocycles. The molecule has 0 saturated heterocycles. The number of hydrogen-bond donors (Lipinski definition) is 2. The first-order chi connectivity index (χ1) is 18.2. The average Bonchev–Trinajstić information content (AvgIpc) is 2.88. The summed E-state index contributed by atoms with van der Waals surface area (Å²) in [5.74, 6) is -3.42. The summed E-state index contributed by atoms with van der Waals surface area (Å²) in [6.07, 6.45) is 0.158. The van der Waals surface area contributed by atoms with Gasteiger partial charge in [-0.2, -0.15) is 0 Å². The van der Waals surface area contributed by atoms with Gasteiger partial charge in [0.2, 0.25) is 17.7 Å². The Kier molecular flexibility index (Phi) is 12.4. The lowest BCUT2D eigenvalue weighted by Gasteiger charge is -2.29. The summed E-state index contributed by atoms with van der Waals surface area (Å²) in [4.78, 5) is 51.5. The predicted molar refractivity (Wildman–Crippen MR) is 140 cm³/mol. The third-order valence-corrected chi connectivity index (χ3v) is 6.47. The van der Waals surface area contributed by atoms with Crippen molar-refractivity contribution < 1.29 is 37.3 Å². The lowest BCUT2D eigenvalue weighted by Crippen LogP contribution is -2.52. The van der Waals surface area contributed by atoms with Gasteiger partial charge >= 0.3 is 5.97 Å². The molecule has 206 valence electrons. The second-order valence-corrected chi connectivity index (χ2v) is 9.56. The zero-order valence-electron chi connectivity index (χ0n) is 21.5. The number of methoxy groups -OCH3 is 1. The van der Waals surface area contributed by atoms with Gasteiger partial charge in [-0.3, -0.25) is 23.4 Å². The smallest absolute Gasteiger partial charge is 0.325 e. The first-order valence-electron chi connectivity index (χ1n) is 11.9. The number of rotatable bonds is 14. The molecule has 2 aromatic rings. The Morgan fingerprint density at radius 1 is 1.00 bits per heavy atom. The van der Waals surface area contributed by atoms with Gasteiger partial charge in [0.25, 0.3) is 0 Å². The lowest BCUT2D eigenvalue weighted by molar-refractivity contribution is -0.151. The first-order valence-corrected chi connectivity index (χ1v) is 13.4. The molecule has 2 atom stereocenters. The number of anilines is 1. The second-order valence-electron chi connectivity index (χ2n) is 8.10. The second kappa shape index (κ2) is 15.5. The van der Waals surface area contributed by atoms with Crippen molar-refractivity contribution in [2.24, 2.45) is 0 Å². The topological polar surface area (TPSA) is 131 Å². The van der Waals surface area contributed by atoms with E-state index in [4.69, 9.17) is 9.47 Å². The Hall–Kier alpha value is -3.80. The van der Waals surface area contributed by atoms with E-state index in [-0.39, 0.29) is 19.6 Å². The standard InChI is InChI=1S/C26H32FN3O7S/c1-4-22(26(34)28-14-18-6-8-19(27)9-7-18)30(15-25(33)37-5-2)24(32)17-38(35)16-23(31)29-20-10-12-21(36-3)13-11-20/h6-13,22H,4-5,14-17H2,1-3H3,(H,28,34)(H,29,31)/t22-,38+/m1/s1. The van der Waals surface area contributed by atoms with E-state index in [0.29, 0.717) is 17.0 Å². The van der Waals surface area contributed by atoms with Crippen molar-refractivity contribution in [1.29, 1.82) is 0 Å². The Balaban J connectivity index is 2.04. The largest absolute Gasteiger partial charge is 0.497 e. The molecule has 38 heavy (non-hydrogen) atoms. The average molecular weight is 550 g/mol. The van der Waals surface area contributed by atoms with Gasteiger partial charge < -0.3 is 25.0 Å². The fourth-order valence-electron chi connectivity index (χ4n) is 3.46. The molecular formula is C26H32FN3O7S. The van der Waals surface area contributed by atoms with Crippen LogP contribution in [0.15, 0.2) is 48.5 Å². The fraction of sp³-hybridized carbons (Fsp3) is 0.385. The van der Waals surface area contributed by atoms with Gasteiger partial charge in [0, 0.05) is 23.0 Å². The first kappa shape index (κ1) is 30.4. The van der Waals surface area contributed by atoms with Gasteiger partial charge in [-0.05, 0) is 55.3 Å². The van der Waals surface area contributed by atoms with Crippen molar-refractivity contribution in [1.82, 2.24) is 10.2 Å². The van der Waals surface area contributed by atoms with Crippen LogP contribution in [0.5, 0.6) is 5.75 Å². The van der Waals surface area contributed by atoms with E-state index in [1.807, 2.05) is 0 Å².